The number of pyridine rings is 1. The minimum absolute atomic E-state index is 0.0173. The molecule has 1 N–H and O–H groups in total. The Bertz CT molecular complexity index is 1070. The van der Waals surface area contributed by atoms with E-state index in [1.165, 1.54) is 0 Å². The fourth-order valence-electron chi connectivity index (χ4n) is 4.60. The number of carbonyl (C=O) groups excluding carboxylic acids is 2. The molecule has 5 heteroatoms. The second kappa shape index (κ2) is 9.77. The Morgan fingerprint density at radius 3 is 2.53 bits per heavy atom. The van der Waals surface area contributed by atoms with Crippen LogP contribution in [0.1, 0.15) is 35.8 Å². The minimum atomic E-state index is -0.659. The number of aromatic nitrogens is 1. The summed E-state index contributed by atoms with van der Waals surface area (Å²) in [6, 6.07) is 24.0. The molecule has 5 nitrogen and oxygen atoms in total. The third-order valence-electron chi connectivity index (χ3n) is 6.14. The zero-order valence-corrected chi connectivity index (χ0v) is 18.5. The van der Waals surface area contributed by atoms with Crippen molar-refractivity contribution in [1.29, 1.82) is 0 Å². The maximum Gasteiger partial charge on any atom is 0.272 e. The molecule has 0 radical (unpaired) electrons. The van der Waals surface area contributed by atoms with Gasteiger partial charge in [0.15, 0.2) is 0 Å². The number of amides is 2. The number of nitrogens with zero attached hydrogens (tertiary/aromatic N) is 2. The van der Waals surface area contributed by atoms with Crippen molar-refractivity contribution in [2.24, 2.45) is 5.41 Å². The lowest BCUT2D eigenvalue weighted by atomic mass is 9.74. The lowest BCUT2D eigenvalue weighted by molar-refractivity contribution is -0.133. The summed E-state index contributed by atoms with van der Waals surface area (Å²) >= 11 is 0. The molecule has 0 aliphatic carbocycles. The molecule has 32 heavy (non-hydrogen) atoms. The third kappa shape index (κ3) is 4.72. The highest BCUT2D eigenvalue weighted by atomic mass is 16.2. The van der Waals surface area contributed by atoms with Crippen LogP contribution in [-0.2, 0) is 11.2 Å². The van der Waals surface area contributed by atoms with Crippen molar-refractivity contribution in [1.82, 2.24) is 15.2 Å². The highest BCUT2D eigenvalue weighted by molar-refractivity contribution is 5.93. The van der Waals surface area contributed by atoms with Crippen LogP contribution < -0.4 is 5.32 Å². The Morgan fingerprint density at radius 2 is 1.78 bits per heavy atom. The molecular formula is C27H29N3O2. The minimum Gasteiger partial charge on any atom is -0.356 e. The van der Waals surface area contributed by atoms with Gasteiger partial charge in [0.1, 0.15) is 5.69 Å². The molecule has 1 fully saturated rings. The maximum atomic E-state index is 13.3. The number of hydrogen-bond acceptors (Lipinski definition) is 3. The van der Waals surface area contributed by atoms with Crippen LogP contribution in [0.4, 0.5) is 0 Å². The van der Waals surface area contributed by atoms with Crippen LogP contribution in [0.15, 0.2) is 79.0 Å². The summed E-state index contributed by atoms with van der Waals surface area (Å²) in [5.41, 5.74) is 3.15. The van der Waals surface area contributed by atoms with Gasteiger partial charge in [-0.3, -0.25) is 14.6 Å². The third-order valence-corrected chi connectivity index (χ3v) is 6.14. The number of nitrogens with one attached hydrogen (secondary N) is 1. The molecule has 0 spiro atoms. The van der Waals surface area contributed by atoms with Gasteiger partial charge in [0, 0.05) is 25.8 Å². The topological polar surface area (TPSA) is 62.3 Å². The highest BCUT2D eigenvalue weighted by Crippen LogP contribution is 2.35. The summed E-state index contributed by atoms with van der Waals surface area (Å²) in [7, 11) is 0. The first-order valence-electron chi connectivity index (χ1n) is 11.2. The van der Waals surface area contributed by atoms with Crippen molar-refractivity contribution in [3.05, 3.63) is 90.3 Å². The SMILES string of the molecule is CCNC(=O)[C@]1(Cc2cccc(-c3ccccc3)c2)CCCN(C(=O)c2ccccn2)C1. The molecule has 1 aromatic heterocycles. The fourth-order valence-corrected chi connectivity index (χ4v) is 4.60. The lowest BCUT2D eigenvalue weighted by Gasteiger charge is -2.41. The van der Waals surface area contributed by atoms with Gasteiger partial charge in [0.05, 0.1) is 5.41 Å². The van der Waals surface area contributed by atoms with Crippen molar-refractivity contribution < 1.29 is 9.59 Å². The van der Waals surface area contributed by atoms with Crippen molar-refractivity contribution in [2.75, 3.05) is 19.6 Å². The molecule has 1 atom stereocenters. The molecular weight excluding hydrogens is 398 g/mol. The van der Waals surface area contributed by atoms with Gasteiger partial charge in [-0.2, -0.15) is 0 Å². The molecule has 2 aromatic carbocycles. The molecule has 3 aromatic rings. The Labute approximate surface area is 189 Å². The number of rotatable bonds is 6. The van der Waals surface area contributed by atoms with Crippen LogP contribution in [0, 0.1) is 5.41 Å². The summed E-state index contributed by atoms with van der Waals surface area (Å²) < 4.78 is 0. The van der Waals surface area contributed by atoms with E-state index in [0.717, 1.165) is 29.5 Å². The molecule has 1 aliphatic rings. The van der Waals surface area contributed by atoms with Gasteiger partial charge >= 0.3 is 0 Å². The first-order chi connectivity index (χ1) is 15.6. The van der Waals surface area contributed by atoms with Crippen LogP contribution in [0.5, 0.6) is 0 Å². The van der Waals surface area contributed by atoms with Gasteiger partial charge in [-0.1, -0.05) is 60.7 Å². The van der Waals surface area contributed by atoms with Crippen LogP contribution >= 0.6 is 0 Å². The van der Waals surface area contributed by atoms with Gasteiger partial charge in [0.2, 0.25) is 5.91 Å². The smallest absolute Gasteiger partial charge is 0.272 e. The largest absolute Gasteiger partial charge is 0.356 e. The Morgan fingerprint density at radius 1 is 1.00 bits per heavy atom. The Kier molecular flexibility index (Phi) is 6.64. The van der Waals surface area contributed by atoms with Gasteiger partial charge in [0.25, 0.3) is 5.91 Å². The van der Waals surface area contributed by atoms with Crippen molar-refractivity contribution in [2.45, 2.75) is 26.2 Å². The molecule has 164 valence electrons. The van der Waals surface area contributed by atoms with E-state index in [1.54, 1.807) is 23.2 Å². The van der Waals surface area contributed by atoms with Gasteiger partial charge in [-0.05, 0) is 55.0 Å². The summed E-state index contributed by atoms with van der Waals surface area (Å²) in [4.78, 5) is 32.4. The predicted octanol–water partition coefficient (Wildman–Crippen LogP) is 4.35. The molecule has 2 amide bonds. The molecule has 1 aliphatic heterocycles. The molecule has 0 unspecified atom stereocenters. The molecule has 0 saturated carbocycles. The van der Waals surface area contributed by atoms with Crippen LogP contribution in [-0.4, -0.2) is 41.3 Å². The van der Waals surface area contributed by atoms with Gasteiger partial charge < -0.3 is 10.2 Å². The van der Waals surface area contributed by atoms with E-state index >= 15 is 0 Å². The Balaban J connectivity index is 1.62. The lowest BCUT2D eigenvalue weighted by Crippen LogP contribution is -2.54. The molecule has 4 rings (SSSR count). The van der Waals surface area contributed by atoms with E-state index in [1.807, 2.05) is 37.3 Å². The summed E-state index contributed by atoms with van der Waals surface area (Å²) in [6.07, 6.45) is 3.75. The number of hydrogen-bond donors (Lipinski definition) is 1. The van der Waals surface area contributed by atoms with E-state index in [-0.39, 0.29) is 11.8 Å². The van der Waals surface area contributed by atoms with Crippen molar-refractivity contribution in [3.8, 4) is 11.1 Å². The van der Waals surface area contributed by atoms with Gasteiger partial charge in [-0.25, -0.2) is 0 Å². The summed E-state index contributed by atoms with van der Waals surface area (Å²) in [6.45, 7) is 3.53. The standard InChI is InChI=1S/C27H29N3O2/c1-2-28-26(32)27(15-9-17-30(20-27)25(31)24-14-6-7-16-29-24)19-21-10-8-13-23(18-21)22-11-4-3-5-12-22/h3-8,10-14,16,18H,2,9,15,17,19-20H2,1H3,(H,28,32)/t27-/m0/s1. The zero-order chi connectivity index (χ0) is 22.4. The zero-order valence-electron chi connectivity index (χ0n) is 18.5. The van der Waals surface area contributed by atoms with Crippen molar-refractivity contribution in [3.63, 3.8) is 0 Å². The highest BCUT2D eigenvalue weighted by Gasteiger charge is 2.43. The summed E-state index contributed by atoms with van der Waals surface area (Å²) in [5.74, 6) is -0.0966. The second-order valence-electron chi connectivity index (χ2n) is 8.43. The molecule has 0 bridgehead atoms. The van der Waals surface area contributed by atoms with Crippen LogP contribution in [0.3, 0.4) is 0 Å². The monoisotopic (exact) mass is 427 g/mol. The Hall–Kier alpha value is -3.47. The van der Waals surface area contributed by atoms with Crippen LogP contribution in [0.2, 0.25) is 0 Å². The molecule has 2 heterocycles. The van der Waals surface area contributed by atoms with Crippen LogP contribution in [0.25, 0.3) is 11.1 Å². The van der Waals surface area contributed by atoms with E-state index in [4.69, 9.17) is 0 Å². The fraction of sp³-hybridized carbons (Fsp3) is 0.296. The number of carbonyl (C=O) groups is 2. The van der Waals surface area contributed by atoms with E-state index < -0.39 is 5.41 Å². The molecule has 1 saturated heterocycles. The number of piperidine rings is 1. The number of likely N-dealkylation sites (tertiary alicyclic amines) is 1. The quantitative estimate of drug-likeness (QED) is 0.636. The normalized spacial score (nSPS) is 18.2. The first kappa shape index (κ1) is 21.8. The predicted molar refractivity (Wildman–Crippen MR) is 126 cm³/mol. The van der Waals surface area contributed by atoms with E-state index in [2.05, 4.69) is 40.6 Å². The van der Waals surface area contributed by atoms with E-state index in [9.17, 15) is 9.59 Å². The second-order valence-corrected chi connectivity index (χ2v) is 8.43. The average Bonchev–Trinajstić information content (AvgIpc) is 2.85. The number of benzene rings is 2. The summed E-state index contributed by atoms with van der Waals surface area (Å²) in [5, 5.41) is 3.03. The van der Waals surface area contributed by atoms with E-state index in [0.29, 0.717) is 31.7 Å². The first-order valence-corrected chi connectivity index (χ1v) is 11.2. The maximum absolute atomic E-state index is 13.3. The average molecular weight is 428 g/mol. The van der Waals surface area contributed by atoms with Gasteiger partial charge in [-0.15, -0.1) is 0 Å². The van der Waals surface area contributed by atoms with Crippen molar-refractivity contribution >= 4 is 11.8 Å².